The van der Waals surface area contributed by atoms with Crippen molar-refractivity contribution in [1.29, 1.82) is 0 Å². The van der Waals surface area contributed by atoms with Crippen LogP contribution in [0.5, 0.6) is 0 Å². The third-order valence-corrected chi connectivity index (χ3v) is 6.58. The molecule has 1 N–H and O–H groups in total. The van der Waals surface area contributed by atoms with Gasteiger partial charge in [-0.25, -0.2) is 13.5 Å². The molecule has 0 saturated carbocycles. The smallest absolute Gasteiger partial charge is 0.260 e. The average Bonchev–Trinajstić information content (AvgIpc) is 3.12. The molecule has 0 aliphatic carbocycles. The zero-order valence-electron chi connectivity index (χ0n) is 17.8. The van der Waals surface area contributed by atoms with Crippen LogP contribution in [0.1, 0.15) is 55.0 Å². The summed E-state index contributed by atoms with van der Waals surface area (Å²) in [6, 6.07) is 8.90. The van der Waals surface area contributed by atoms with Crippen LogP contribution in [-0.2, 0) is 4.79 Å². The molecule has 7 heteroatoms. The van der Waals surface area contributed by atoms with Gasteiger partial charge in [0, 0.05) is 25.2 Å². The summed E-state index contributed by atoms with van der Waals surface area (Å²) in [7, 11) is 0. The highest BCUT2D eigenvalue weighted by Crippen LogP contribution is 2.37. The van der Waals surface area contributed by atoms with Gasteiger partial charge in [0.25, 0.3) is 6.43 Å². The third kappa shape index (κ3) is 4.07. The fourth-order valence-electron chi connectivity index (χ4n) is 4.82. The number of nitrogens with zero attached hydrogens (tertiary/aromatic N) is 3. The molecule has 1 fully saturated rings. The van der Waals surface area contributed by atoms with Crippen LogP contribution in [0.2, 0.25) is 0 Å². The fraction of sp³-hybridized carbons (Fsp3) is 0.565. The fourth-order valence-corrected chi connectivity index (χ4v) is 4.82. The van der Waals surface area contributed by atoms with E-state index in [0.717, 1.165) is 30.6 Å². The van der Waals surface area contributed by atoms with Gasteiger partial charge in [-0.15, -0.1) is 0 Å². The number of aromatic nitrogens is 2. The number of hydrogen-bond donors (Lipinski definition) is 1. The number of carbonyl (C=O) groups excluding carboxylic acids is 1. The Kier molecular flexibility index (Phi) is 5.80. The molecule has 1 saturated heterocycles. The van der Waals surface area contributed by atoms with Gasteiger partial charge >= 0.3 is 0 Å². The maximum absolute atomic E-state index is 13.7. The summed E-state index contributed by atoms with van der Waals surface area (Å²) >= 11 is 0. The minimum atomic E-state index is -2.46. The van der Waals surface area contributed by atoms with Crippen molar-refractivity contribution in [3.05, 3.63) is 47.2 Å². The van der Waals surface area contributed by atoms with Gasteiger partial charge in [-0.3, -0.25) is 4.79 Å². The van der Waals surface area contributed by atoms with Crippen molar-refractivity contribution in [3.63, 3.8) is 0 Å². The number of nitrogens with one attached hydrogen (secondary N) is 1. The highest BCUT2D eigenvalue weighted by molar-refractivity contribution is 5.83. The molecule has 4 atom stereocenters. The van der Waals surface area contributed by atoms with Crippen LogP contribution in [0.4, 0.5) is 14.6 Å². The second-order valence-corrected chi connectivity index (χ2v) is 8.82. The molecular weight excluding hydrogens is 386 g/mol. The predicted octanol–water partition coefficient (Wildman–Crippen LogP) is 4.53. The van der Waals surface area contributed by atoms with Gasteiger partial charge in [-0.2, -0.15) is 5.10 Å². The first-order chi connectivity index (χ1) is 14.3. The number of alkyl halides is 2. The van der Waals surface area contributed by atoms with Crippen molar-refractivity contribution >= 4 is 11.7 Å². The summed E-state index contributed by atoms with van der Waals surface area (Å²) in [5.41, 5.74) is 2.92. The van der Waals surface area contributed by atoms with Crippen LogP contribution in [-0.4, -0.2) is 46.1 Å². The molecule has 30 heavy (non-hydrogen) atoms. The molecule has 1 aromatic heterocycles. The van der Waals surface area contributed by atoms with E-state index in [-0.39, 0.29) is 23.8 Å². The monoisotopic (exact) mass is 416 g/mol. The van der Waals surface area contributed by atoms with E-state index in [1.807, 2.05) is 56.0 Å². The zero-order chi connectivity index (χ0) is 21.4. The number of hydrogen-bond acceptors (Lipinski definition) is 3. The second kappa shape index (κ2) is 8.36. The molecule has 0 unspecified atom stereocenters. The first kappa shape index (κ1) is 20.8. The van der Waals surface area contributed by atoms with Crippen LogP contribution in [0.25, 0.3) is 0 Å². The standard InChI is InChI=1S/C23H30F2N4O/c1-14-6-8-17(9-7-14)16(3)23(30)28-10-4-5-18(13-28)19-12-20(22(24)25)29-21(26-19)11-15(2)27-29/h6-9,11,16,18-20,22,26H,4-5,10,12-13H2,1-3H3/t16-,18+,19+,20-/m1/s1. The van der Waals surface area contributed by atoms with Gasteiger partial charge in [0.2, 0.25) is 5.91 Å². The van der Waals surface area contributed by atoms with E-state index in [9.17, 15) is 13.6 Å². The van der Waals surface area contributed by atoms with E-state index in [0.29, 0.717) is 18.8 Å². The molecular formula is C23H30F2N4O. The second-order valence-electron chi connectivity index (χ2n) is 8.82. The lowest BCUT2D eigenvalue weighted by Crippen LogP contribution is -2.49. The minimum absolute atomic E-state index is 0.0853. The minimum Gasteiger partial charge on any atom is -0.367 e. The van der Waals surface area contributed by atoms with Crippen LogP contribution in [0.3, 0.4) is 0 Å². The molecule has 2 aliphatic rings. The molecule has 2 aliphatic heterocycles. The van der Waals surface area contributed by atoms with Gasteiger partial charge in [0.15, 0.2) is 0 Å². The van der Waals surface area contributed by atoms with Crippen molar-refractivity contribution in [3.8, 4) is 0 Å². The van der Waals surface area contributed by atoms with Gasteiger partial charge in [0.05, 0.1) is 11.6 Å². The molecule has 162 valence electrons. The van der Waals surface area contributed by atoms with Gasteiger partial charge < -0.3 is 10.2 Å². The lowest BCUT2D eigenvalue weighted by atomic mass is 9.85. The molecule has 2 aromatic rings. The Balaban J connectivity index is 1.47. The largest absolute Gasteiger partial charge is 0.367 e. The average molecular weight is 417 g/mol. The summed E-state index contributed by atoms with van der Waals surface area (Å²) in [5, 5.41) is 7.68. The normalized spacial score (nSPS) is 25.0. The SMILES string of the molecule is Cc1ccc([C@@H](C)C(=O)N2CCC[C@H]([C@@H]3C[C@H](C(F)F)n4nc(C)cc4N3)C2)cc1. The van der Waals surface area contributed by atoms with E-state index in [4.69, 9.17) is 0 Å². The molecule has 1 amide bonds. The molecule has 3 heterocycles. The Morgan fingerprint density at radius 2 is 1.97 bits per heavy atom. The van der Waals surface area contributed by atoms with Gasteiger partial charge in [-0.1, -0.05) is 29.8 Å². The molecule has 0 radical (unpaired) electrons. The number of benzene rings is 1. The summed E-state index contributed by atoms with van der Waals surface area (Å²) < 4.78 is 28.9. The maximum atomic E-state index is 13.7. The number of anilines is 1. The highest BCUT2D eigenvalue weighted by Gasteiger charge is 2.39. The Labute approximate surface area is 176 Å². The van der Waals surface area contributed by atoms with Crippen molar-refractivity contribution in [2.75, 3.05) is 18.4 Å². The first-order valence-corrected chi connectivity index (χ1v) is 10.8. The number of fused-ring (bicyclic) bond motifs is 1. The number of amides is 1. The molecule has 4 rings (SSSR count). The summed E-state index contributed by atoms with van der Waals surface area (Å²) in [5.74, 6) is 0.718. The number of rotatable bonds is 4. The number of halogens is 2. The summed E-state index contributed by atoms with van der Waals surface area (Å²) in [6.07, 6.45) is -0.307. The molecule has 1 aromatic carbocycles. The molecule has 0 bridgehead atoms. The zero-order valence-corrected chi connectivity index (χ0v) is 17.8. The van der Waals surface area contributed by atoms with E-state index >= 15 is 0 Å². The van der Waals surface area contributed by atoms with Crippen molar-refractivity contribution in [2.45, 2.75) is 64.5 Å². The third-order valence-electron chi connectivity index (χ3n) is 6.58. The van der Waals surface area contributed by atoms with Crippen molar-refractivity contribution in [2.24, 2.45) is 5.92 Å². The predicted molar refractivity (Wildman–Crippen MR) is 113 cm³/mol. The Morgan fingerprint density at radius 1 is 1.23 bits per heavy atom. The van der Waals surface area contributed by atoms with E-state index < -0.39 is 12.5 Å². The van der Waals surface area contributed by atoms with E-state index in [1.54, 1.807) is 0 Å². The number of carbonyl (C=O) groups is 1. The lowest BCUT2D eigenvalue weighted by molar-refractivity contribution is -0.134. The summed E-state index contributed by atoms with van der Waals surface area (Å²) in [4.78, 5) is 15.1. The number of aryl methyl sites for hydroxylation is 2. The number of likely N-dealkylation sites (tertiary alicyclic amines) is 1. The first-order valence-electron chi connectivity index (χ1n) is 10.8. The van der Waals surface area contributed by atoms with Crippen molar-refractivity contribution < 1.29 is 13.6 Å². The van der Waals surface area contributed by atoms with Crippen LogP contribution in [0.15, 0.2) is 30.3 Å². The van der Waals surface area contributed by atoms with Gasteiger partial charge in [0.1, 0.15) is 11.9 Å². The van der Waals surface area contributed by atoms with Crippen LogP contribution >= 0.6 is 0 Å². The lowest BCUT2D eigenvalue weighted by Gasteiger charge is -2.41. The Morgan fingerprint density at radius 3 is 2.67 bits per heavy atom. The highest BCUT2D eigenvalue weighted by atomic mass is 19.3. The Hall–Kier alpha value is -2.44. The summed E-state index contributed by atoms with van der Waals surface area (Å²) in [6.45, 7) is 7.13. The van der Waals surface area contributed by atoms with E-state index in [1.165, 1.54) is 10.2 Å². The van der Waals surface area contributed by atoms with Crippen molar-refractivity contribution in [1.82, 2.24) is 14.7 Å². The molecule has 5 nitrogen and oxygen atoms in total. The van der Waals surface area contributed by atoms with E-state index in [2.05, 4.69) is 10.4 Å². The Bertz CT molecular complexity index is 895. The van der Waals surface area contributed by atoms with Gasteiger partial charge in [-0.05, 0) is 51.5 Å². The van der Waals surface area contributed by atoms with Crippen LogP contribution in [0, 0.1) is 19.8 Å². The quantitative estimate of drug-likeness (QED) is 0.797. The number of piperidine rings is 1. The molecule has 0 spiro atoms. The van der Waals surface area contributed by atoms with Crippen LogP contribution < -0.4 is 5.32 Å². The topological polar surface area (TPSA) is 50.2 Å². The maximum Gasteiger partial charge on any atom is 0.260 e.